The molecule has 3 aromatic rings. The fourth-order valence-electron chi connectivity index (χ4n) is 17.9. The van der Waals surface area contributed by atoms with Crippen molar-refractivity contribution >= 4 is 44.7 Å². The Labute approximate surface area is 519 Å². The Morgan fingerprint density at radius 2 is 1.72 bits per heavy atom. The fourth-order valence-corrected chi connectivity index (χ4v) is 19.8. The number of carbonyl (C=O) groups is 2. The number of aromatic hydroxyl groups is 1. The number of aryl methyl sites for hydroxylation is 3. The zero-order valence-electron chi connectivity index (χ0n) is 50.9. The molecule has 13 atom stereocenters. The van der Waals surface area contributed by atoms with Gasteiger partial charge in [-0.15, -0.1) is 0 Å². The van der Waals surface area contributed by atoms with Gasteiger partial charge in [0.1, 0.15) is 5.78 Å². The molecule has 0 radical (unpaired) electrons. The summed E-state index contributed by atoms with van der Waals surface area (Å²) in [5, 5.41) is 52.3. The summed E-state index contributed by atoms with van der Waals surface area (Å²) < 4.78 is 5.66. The number of allylic oxidation sites excluding steroid dienone is 3. The Morgan fingerprint density at radius 1 is 0.907 bits per heavy atom. The minimum Gasteiger partial charge on any atom is -0.504 e. The second-order valence-corrected chi connectivity index (χ2v) is 29.4. The van der Waals surface area contributed by atoms with E-state index < -0.39 is 18.9 Å². The number of dihydropyridines is 1. The van der Waals surface area contributed by atoms with Crippen LogP contribution >= 0.6 is 21.6 Å². The number of guanidine groups is 1. The number of benzene rings is 3. The maximum atomic E-state index is 14.6. The van der Waals surface area contributed by atoms with E-state index in [-0.39, 0.29) is 52.3 Å². The Bertz CT molecular complexity index is 3020. The first-order chi connectivity index (χ1) is 41.8. The number of nitrogens with one attached hydrogen (secondary N) is 5. The summed E-state index contributed by atoms with van der Waals surface area (Å²) in [6.07, 6.45) is 23.2. The van der Waals surface area contributed by atoms with Gasteiger partial charge < -0.3 is 58.1 Å². The van der Waals surface area contributed by atoms with Gasteiger partial charge in [-0.3, -0.25) is 9.59 Å². The smallest absolute Gasteiger partial charge is 0.189 e. The Balaban J connectivity index is 0.898. The van der Waals surface area contributed by atoms with Gasteiger partial charge in [0.2, 0.25) is 0 Å². The van der Waals surface area contributed by atoms with Crippen molar-refractivity contribution in [1.29, 1.82) is 0 Å². The molecule has 9 aliphatic rings. The second kappa shape index (κ2) is 28.7. The molecule has 5 fully saturated rings. The van der Waals surface area contributed by atoms with E-state index in [1.54, 1.807) is 33.7 Å². The van der Waals surface area contributed by atoms with Crippen molar-refractivity contribution < 1.29 is 29.6 Å². The average Bonchev–Trinajstić information content (AvgIpc) is 1.54. The van der Waals surface area contributed by atoms with E-state index >= 15 is 0 Å². The number of nitrogens with two attached hydrogens (primary N) is 2. The summed E-state index contributed by atoms with van der Waals surface area (Å²) in [5.41, 5.74) is 22.3. The zero-order chi connectivity index (χ0) is 59.8. The molecule has 86 heavy (non-hydrogen) atoms. The molecule has 1 spiro atoms. The molecule has 14 nitrogen and oxygen atoms in total. The van der Waals surface area contributed by atoms with Crippen molar-refractivity contribution in [3.05, 3.63) is 136 Å². The van der Waals surface area contributed by atoms with Gasteiger partial charge in [0, 0.05) is 50.1 Å². The lowest BCUT2D eigenvalue weighted by molar-refractivity contribution is -0.126. The molecule has 4 saturated carbocycles. The molecule has 5 aliphatic heterocycles. The molecule has 0 aromatic heterocycles. The topological polar surface area (TPSA) is 229 Å². The number of aliphatic imine (C=N–C) groups is 1. The number of hydrogen-bond acceptors (Lipinski definition) is 16. The highest BCUT2D eigenvalue weighted by molar-refractivity contribution is 8.76. The first-order valence-corrected chi connectivity index (χ1v) is 34.9. The van der Waals surface area contributed by atoms with E-state index in [0.29, 0.717) is 102 Å². The predicted molar refractivity (Wildman–Crippen MR) is 349 cm³/mol. The number of aliphatic hydroxyl groups is 2. The number of carbonyl (C=O) groups excluding carboxylic acids is 2. The van der Waals surface area contributed by atoms with Crippen molar-refractivity contribution in [2.45, 2.75) is 147 Å². The molecular weight excluding hydrogens is 1110 g/mol. The van der Waals surface area contributed by atoms with Crippen LogP contribution in [0, 0.1) is 52.3 Å². The predicted octanol–water partition coefficient (Wildman–Crippen LogP) is 9.08. The monoisotopic (exact) mass is 1210 g/mol. The number of rotatable bonds is 13. The first kappa shape index (κ1) is 62.7. The van der Waals surface area contributed by atoms with Gasteiger partial charge in [-0.2, -0.15) is 0 Å². The molecule has 5 heterocycles. The minimum atomic E-state index is -0.465. The van der Waals surface area contributed by atoms with Crippen molar-refractivity contribution in [3.63, 3.8) is 0 Å². The number of phenols is 1. The van der Waals surface area contributed by atoms with Gasteiger partial charge in [0.15, 0.2) is 23.2 Å². The lowest BCUT2D eigenvalue weighted by atomic mass is 9.52. The number of piperidine rings is 1. The van der Waals surface area contributed by atoms with Crippen LogP contribution in [-0.4, -0.2) is 115 Å². The number of Topliss-reactive ketones (excluding diaryl/α,β-unsaturated/α-hetero) is 1. The highest BCUT2D eigenvalue weighted by atomic mass is 33.1. The number of phenolic OH excluding ortho intramolecular Hbond substituents is 1. The summed E-state index contributed by atoms with van der Waals surface area (Å²) >= 11 is 0. The quantitative estimate of drug-likeness (QED) is 0.0437. The highest BCUT2D eigenvalue weighted by Gasteiger charge is 2.65. The van der Waals surface area contributed by atoms with E-state index in [0.717, 1.165) is 120 Å². The van der Waals surface area contributed by atoms with Crippen LogP contribution in [0.2, 0.25) is 0 Å². The van der Waals surface area contributed by atoms with Crippen LogP contribution in [-0.2, 0) is 35.3 Å². The van der Waals surface area contributed by atoms with Gasteiger partial charge >= 0.3 is 0 Å². The third kappa shape index (κ3) is 14.5. The fraction of sp³-hybridized carbons (Fsp3) is 0.586. The van der Waals surface area contributed by atoms with Crippen LogP contribution in [0.15, 0.2) is 113 Å². The van der Waals surface area contributed by atoms with Crippen LogP contribution in [0.1, 0.15) is 125 Å². The van der Waals surface area contributed by atoms with Crippen LogP contribution < -0.4 is 42.8 Å². The summed E-state index contributed by atoms with van der Waals surface area (Å²) in [6.45, 7) is 5.79. The van der Waals surface area contributed by atoms with Gasteiger partial charge in [0.05, 0.1) is 38.3 Å². The summed E-state index contributed by atoms with van der Waals surface area (Å²) in [7, 11) is 4.83. The second-order valence-electron chi connectivity index (χ2n) is 26.9. The zero-order valence-corrected chi connectivity index (χ0v) is 52.5. The number of fused-ring (bicyclic) bond motifs is 14. The van der Waals surface area contributed by atoms with Gasteiger partial charge in [0.25, 0.3) is 0 Å². The lowest BCUT2D eigenvalue weighted by Gasteiger charge is -2.55. The number of methoxy groups -OCH3 is 1. The van der Waals surface area contributed by atoms with Crippen molar-refractivity contribution in [1.82, 2.24) is 26.6 Å². The molecule has 4 aliphatic carbocycles. The highest BCUT2D eigenvalue weighted by Crippen LogP contribution is 2.70. The number of ketones is 2. The van der Waals surface area contributed by atoms with Crippen LogP contribution in [0.25, 0.3) is 5.57 Å². The Kier molecular flexibility index (Phi) is 20.9. The van der Waals surface area contributed by atoms with E-state index in [2.05, 4.69) is 93.3 Å². The number of ether oxygens (including phenoxy) is 1. The summed E-state index contributed by atoms with van der Waals surface area (Å²) in [6, 6.07) is 23.5. The van der Waals surface area contributed by atoms with Crippen molar-refractivity contribution in [3.8, 4) is 11.5 Å². The molecule has 16 heteroatoms. The van der Waals surface area contributed by atoms with E-state index in [1.807, 2.05) is 13.1 Å². The largest absolute Gasteiger partial charge is 0.504 e. The average molecular weight is 1210 g/mol. The molecule has 13 unspecified atom stereocenters. The third-order valence-corrected chi connectivity index (χ3v) is 23.6. The van der Waals surface area contributed by atoms with Crippen LogP contribution in [0.5, 0.6) is 11.5 Å². The number of aliphatic hydroxyl groups excluding tert-OH is 2. The maximum Gasteiger partial charge on any atom is 0.189 e. The molecule has 0 amide bonds. The van der Waals surface area contributed by atoms with Gasteiger partial charge in [-0.25, -0.2) is 4.99 Å². The first-order valence-electron chi connectivity index (χ1n) is 32.4. The standard InChI is InChI=1S/C70H96N8O6S2/c1-44(80)38-76-65-37-69(36-60-58-21-24-73-39-52(58)28-50-12-7-23-74-66(50)60)34-49-16-18-64(69)70(65)22-19-48(35-70)20-25-75-68(72)78-43-86-85-42-61-57(17-15-47-11-6-10-46(26-47)14-13-45-8-4-3-5-9-45)53(40-77-67(61)71)29-51-31-62(83)63(84-2)33-59(51)54(41-79)30-56(82)32-55(81)27-49/h3-12,26,30-31,33,40,44,48-50,52,58,60,64-67,73-74,76-77,79-80,83H,13-25,27-29,32,34-39,41-43,71H2,1-2H3,(H3,72,75,78). The lowest BCUT2D eigenvalue weighted by Crippen LogP contribution is -2.57. The maximum absolute atomic E-state index is 14.6. The van der Waals surface area contributed by atoms with Crippen molar-refractivity contribution in [2.75, 3.05) is 58.1 Å². The van der Waals surface area contributed by atoms with Gasteiger partial charge in [-0.1, -0.05) is 88.3 Å². The van der Waals surface area contributed by atoms with E-state index in [1.165, 1.54) is 42.7 Å². The molecular formula is C70H96N8O6S2. The van der Waals surface area contributed by atoms with Crippen LogP contribution in [0.3, 0.4) is 0 Å². The number of hydrogen-bond donors (Lipinski definition) is 10. The molecule has 12 N–H and O–H groups in total. The van der Waals surface area contributed by atoms with Gasteiger partial charge in [-0.05, 0) is 243 Å². The van der Waals surface area contributed by atoms with Crippen LogP contribution in [0.4, 0.5) is 0 Å². The SMILES string of the molecule is COc1cc2c(cc1O)CC1=CNC(N)C(=C1CCc1cccc(CCc3ccccc3)c1)CSSCN=C(N)NCCC1CCC3(C1)C(NCC(C)O)CC1(CC4C5CCNCC5CC5C=CCNC54)CC(CCC13)CC(=O)CC(=O)C=C2CO. The van der Waals surface area contributed by atoms with E-state index in [9.17, 15) is 24.9 Å². The third-order valence-electron chi connectivity index (χ3n) is 21.6. The molecule has 3 aromatic carbocycles. The normalized spacial score (nSPS) is 32.3. The number of nitrogens with zero attached hydrogens (tertiary/aromatic N) is 1. The summed E-state index contributed by atoms with van der Waals surface area (Å²) in [4.78, 5) is 33.8. The molecule has 7 bridgehead atoms. The Hall–Kier alpha value is -4.91. The molecule has 464 valence electrons. The molecule has 1 saturated heterocycles. The van der Waals surface area contributed by atoms with Crippen molar-refractivity contribution in [2.24, 2.45) is 68.7 Å². The summed E-state index contributed by atoms with van der Waals surface area (Å²) in [5.74, 6) is 4.77. The Morgan fingerprint density at radius 3 is 2.53 bits per heavy atom. The van der Waals surface area contributed by atoms with E-state index in [4.69, 9.17) is 21.2 Å². The molecule has 12 rings (SSSR count). The minimum absolute atomic E-state index is 0.00689.